The molecule has 41 heteroatoms. The maximum absolute atomic E-state index is 12.9. The van der Waals surface area contributed by atoms with Gasteiger partial charge in [0.2, 0.25) is 5.95 Å². The minimum Gasteiger partial charge on any atom is -0.441 e. The highest BCUT2D eigenvalue weighted by Crippen LogP contribution is 2.49. The highest BCUT2D eigenvalue weighted by atomic mass is 127. The fourth-order valence-electron chi connectivity index (χ4n) is 17.4. The van der Waals surface area contributed by atoms with E-state index < -0.39 is 46.2 Å². The van der Waals surface area contributed by atoms with Crippen LogP contribution in [0.5, 0.6) is 0 Å². The van der Waals surface area contributed by atoms with E-state index in [1.807, 2.05) is 292 Å². The van der Waals surface area contributed by atoms with E-state index in [9.17, 15) is 28.8 Å². The number of hydrogen-bond donors (Lipinski definition) is 10. The zero-order valence-corrected chi connectivity index (χ0v) is 84.8. The van der Waals surface area contributed by atoms with Gasteiger partial charge in [-0.05, 0) is 217 Å². The Labute approximate surface area is 868 Å². The van der Waals surface area contributed by atoms with Crippen LogP contribution in [0.3, 0.4) is 0 Å². The minimum atomic E-state index is -0.741. The molecule has 0 bridgehead atoms. The van der Waals surface area contributed by atoms with Crippen LogP contribution in [0.4, 0.5) is 86.2 Å². The van der Waals surface area contributed by atoms with E-state index in [0.717, 1.165) is 59.1 Å². The molecule has 5 atom stereocenters. The van der Waals surface area contributed by atoms with Crippen molar-refractivity contribution in [2.75, 3.05) is 46.8 Å². The Bertz CT molecular complexity index is 7480. The molecule has 0 saturated carbocycles. The largest absolute Gasteiger partial charge is 0.441 e. The van der Waals surface area contributed by atoms with Crippen molar-refractivity contribution < 1.29 is 52.5 Å². The molecule has 5 aliphatic heterocycles. The van der Waals surface area contributed by atoms with Crippen molar-refractivity contribution >= 4 is 178 Å². The number of nitrogen functional groups attached to an aromatic ring is 2. The van der Waals surface area contributed by atoms with E-state index in [4.69, 9.17) is 58.5 Å². The van der Waals surface area contributed by atoms with Gasteiger partial charge in [0, 0.05) is 89.9 Å². The summed E-state index contributed by atoms with van der Waals surface area (Å²) in [4.78, 5) is 122. The number of hydrazine groups is 3. The lowest BCUT2D eigenvalue weighted by atomic mass is 9.91. The zero-order valence-electron chi connectivity index (χ0n) is 81.2. The quantitative estimate of drug-likeness (QED) is 0.0150. The molecule has 5 saturated heterocycles. The van der Waals surface area contributed by atoms with E-state index in [-0.39, 0.29) is 48.5 Å². The van der Waals surface area contributed by atoms with Crippen LogP contribution in [-0.4, -0.2) is 129 Å². The average molecular weight is 2130 g/mol. The summed E-state index contributed by atoms with van der Waals surface area (Å²) in [5, 5.41) is 18.4. The molecule has 17 heterocycles. The zero-order chi connectivity index (χ0) is 104. The van der Waals surface area contributed by atoms with Gasteiger partial charge in [-0.25, -0.2) is 54.5 Å². The second-order valence-corrected chi connectivity index (χ2v) is 37.9. The topological polar surface area (TPSA) is 497 Å². The number of fused-ring (bicyclic) bond motifs is 4. The second kappa shape index (κ2) is 46.2. The number of hydrogen-bond acceptors (Lipinski definition) is 30. The molecule has 14 N–H and O–H groups in total. The number of benzene rings is 5. The second-order valence-electron chi connectivity index (χ2n) is 35.9. The molecule has 7 amide bonds. The predicted octanol–water partition coefficient (Wildman–Crippen LogP) is 21.2. The molecule has 5 fully saturated rings. The van der Waals surface area contributed by atoms with Gasteiger partial charge < -0.3 is 50.8 Å². The van der Waals surface area contributed by atoms with Crippen molar-refractivity contribution in [2.24, 2.45) is 17.5 Å². The number of anilines is 10. The normalized spacial score (nSPS) is 17.4. The molecule has 22 rings (SSSR count). The monoisotopic (exact) mass is 2130 g/mol. The number of nitrogens with zero attached hydrogens (tertiary/aromatic N) is 17. The molecule has 147 heavy (non-hydrogen) atoms. The molecular formula is C106H104Cl2IN27O11. The molecular weight excluding hydrogens is 2030 g/mol. The number of halogens is 3. The van der Waals surface area contributed by atoms with Crippen LogP contribution >= 0.6 is 45.8 Å². The van der Waals surface area contributed by atoms with E-state index >= 15 is 0 Å². The Kier molecular flexibility index (Phi) is 32.8. The van der Waals surface area contributed by atoms with Crippen molar-refractivity contribution in [2.45, 2.75) is 127 Å². The Morgan fingerprint density at radius 2 is 0.755 bits per heavy atom. The molecule has 12 aromatic heterocycles. The van der Waals surface area contributed by atoms with Crippen molar-refractivity contribution in [3.63, 3.8) is 0 Å². The van der Waals surface area contributed by atoms with Crippen LogP contribution in [0.1, 0.15) is 127 Å². The third kappa shape index (κ3) is 24.7. The molecule has 0 radical (unpaired) electrons. The first-order chi connectivity index (χ1) is 70.7. The summed E-state index contributed by atoms with van der Waals surface area (Å²) in [6, 6.07) is 81.5. The van der Waals surface area contributed by atoms with E-state index in [0.29, 0.717) is 78.7 Å². The lowest BCUT2D eigenvalue weighted by Crippen LogP contribution is -2.35. The lowest BCUT2D eigenvalue weighted by Gasteiger charge is -2.29. The number of alkyl carbamates (subject to hydrolysis) is 1. The molecule has 0 spiro atoms. The number of nitrogens with one attached hydrogen (secondary N) is 6. The van der Waals surface area contributed by atoms with Crippen LogP contribution in [0.15, 0.2) is 335 Å². The van der Waals surface area contributed by atoms with Crippen LogP contribution in [-0.2, 0) is 23.7 Å². The van der Waals surface area contributed by atoms with Gasteiger partial charge in [-0.3, -0.25) is 76.4 Å². The first-order valence-corrected chi connectivity index (χ1v) is 47.8. The standard InChI is InChI=1S/C25H23N7O3.C25H21N7O2.C16H15ClN2O2.C16H18N4O2.C11H13NO2.C8H7N3.C5H3ClIN.H4N2/c1-25(2)22(16-7-4-3-5-8-16)32(24(34)35-25)17-10-13-27-20(15-17)30-31-23(33)29-19-11-14-26-18-9-6-12-28-21(18)19;1-25(2)22(16-7-4-3-5-8-16)32(24(33)34-25)17-11-14-31-20(15-17)29-30-23(31)28-19-10-13-26-18-9-6-12-27-21(18)19;1-16(2)14(11-6-4-3-5-7-11)19(15(20)21-16)12-8-9-18-13(17)10-12;1-16(2)14(11-6-4-3-5-7-11)20(15(21)22-16)12-8-9-18-13(10-12)19-17;1-11(2)9(12-10(13)14-11)8-6-4-3-5-7-8;9-6-3-5-10-7-2-1-4-11-8(6)7;6-5-3-4(7)1-2-8-5;1-2/h3-15,22H,1-2H3,(H,27,30)(H2,26,29,31,33);3-15,22H,1-2H3,(H,26,28,30);3-10,14H,1-2H3;3-10,14H,17H2,1-2H3,(H,18,19);3-7,9H,1-2H3,(H,12,13);1-5H,(H2,9,10);1-3H;1-2H2/t2*22-;2*14-;;;;/m0000..../s1. The fourth-order valence-corrected chi connectivity index (χ4v) is 18.4. The minimum absolute atomic E-state index is 0.0591. The maximum atomic E-state index is 12.9. The van der Waals surface area contributed by atoms with E-state index in [2.05, 4.69) is 127 Å². The summed E-state index contributed by atoms with van der Waals surface area (Å²) in [7, 11) is 0. The summed E-state index contributed by atoms with van der Waals surface area (Å²) in [6.07, 6.45) is 16.4. The third-order valence-electron chi connectivity index (χ3n) is 23.6. The number of carbonyl (C=O) groups excluding carboxylic acids is 6. The number of amides is 7. The highest BCUT2D eigenvalue weighted by Gasteiger charge is 2.54. The van der Waals surface area contributed by atoms with E-state index in [1.165, 1.54) is 0 Å². The van der Waals surface area contributed by atoms with Gasteiger partial charge in [-0.1, -0.05) is 175 Å². The van der Waals surface area contributed by atoms with Crippen LogP contribution in [0, 0.1) is 3.57 Å². The molecule has 1 unspecified atom stereocenters. The Balaban J connectivity index is 0.000000134. The van der Waals surface area contributed by atoms with Gasteiger partial charge >= 0.3 is 36.5 Å². The maximum Gasteiger partial charge on any atom is 0.415 e. The number of ether oxygens (including phenoxy) is 5. The van der Waals surface area contributed by atoms with Crippen molar-refractivity contribution in [3.05, 3.63) is 377 Å². The molecule has 38 nitrogen and oxygen atoms in total. The first-order valence-electron chi connectivity index (χ1n) is 45.9. The van der Waals surface area contributed by atoms with Crippen molar-refractivity contribution in [3.8, 4) is 0 Å². The number of urea groups is 1. The van der Waals surface area contributed by atoms with Gasteiger partial charge in [-0.2, -0.15) is 0 Å². The van der Waals surface area contributed by atoms with Crippen molar-refractivity contribution in [1.29, 1.82) is 0 Å². The Hall–Kier alpha value is -17.0. The number of rotatable bonds is 15. The fraction of sp³-hybridized carbons (Fsp3) is 0.189. The first kappa shape index (κ1) is 104. The molecule has 5 aromatic carbocycles. The molecule has 0 aliphatic carbocycles. The summed E-state index contributed by atoms with van der Waals surface area (Å²) in [5.41, 5.74) is 24.9. The van der Waals surface area contributed by atoms with Crippen LogP contribution in [0.2, 0.25) is 10.3 Å². The van der Waals surface area contributed by atoms with Gasteiger partial charge in [0.25, 0.3) is 0 Å². The molecule has 750 valence electrons. The summed E-state index contributed by atoms with van der Waals surface area (Å²) in [6.45, 7) is 19.1. The average Bonchev–Trinajstić information content (AvgIpc) is 1.58. The SMILES string of the molecule is CC1(C)OC(=O)N(c2ccn3c(Nc4ccnc5cccnc45)nnc3c2)[C@H]1c1ccccc1.CC1(C)OC(=O)N(c2ccnc(Cl)c2)[C@H]1c1ccccc1.CC1(C)OC(=O)N(c2ccnc(NN)c2)[C@H]1c1ccccc1.CC1(C)OC(=O)N(c2ccnc(NNC(=O)Nc3ccnc4cccnc34)c2)[C@H]1c1ccccc1.CC1(C)OC(=O)NC1c1ccccc1.Clc1cc(I)ccn1.NN.Nc1ccnc2cccnc12. The summed E-state index contributed by atoms with van der Waals surface area (Å²) in [5.74, 6) is 14.8. The van der Waals surface area contributed by atoms with Gasteiger partial charge in [0.15, 0.2) is 5.65 Å². The number of nitrogens with two attached hydrogens (primary N) is 4. The smallest absolute Gasteiger partial charge is 0.415 e. The number of pyridine rings is 11. The summed E-state index contributed by atoms with van der Waals surface area (Å²) >= 11 is 13.7. The molecule has 5 aliphatic rings. The van der Waals surface area contributed by atoms with E-state index in [1.54, 1.807) is 136 Å². The van der Waals surface area contributed by atoms with Crippen molar-refractivity contribution in [1.82, 2.24) is 75.2 Å². The van der Waals surface area contributed by atoms with Gasteiger partial charge in [0.1, 0.15) is 90.7 Å². The van der Waals surface area contributed by atoms with Crippen LogP contribution < -0.4 is 75.1 Å². The van der Waals surface area contributed by atoms with Gasteiger partial charge in [-0.15, -0.1) is 10.2 Å². The number of aromatic nitrogens is 13. The summed E-state index contributed by atoms with van der Waals surface area (Å²) < 4.78 is 30.6. The van der Waals surface area contributed by atoms with Gasteiger partial charge in [0.05, 0.1) is 62.4 Å². The predicted molar refractivity (Wildman–Crippen MR) is 573 cm³/mol. The third-order valence-corrected chi connectivity index (χ3v) is 24.7. The lowest BCUT2D eigenvalue weighted by molar-refractivity contribution is 0.0675. The number of cyclic esters (lactones) is 5. The van der Waals surface area contributed by atoms with Crippen LogP contribution in [0.25, 0.3) is 38.7 Å². The molecule has 17 aromatic rings. The number of carbonyl (C=O) groups is 6. The Morgan fingerprint density at radius 1 is 0.381 bits per heavy atom. The Morgan fingerprint density at radius 3 is 1.17 bits per heavy atom. The highest BCUT2D eigenvalue weighted by molar-refractivity contribution is 14.1.